The minimum absolute atomic E-state index is 0.0338. The maximum absolute atomic E-state index is 12.7. The smallest absolute Gasteiger partial charge is 0.291 e. The van der Waals surface area contributed by atoms with Crippen molar-refractivity contribution in [3.05, 3.63) is 100 Å². The van der Waals surface area contributed by atoms with E-state index in [0.717, 1.165) is 11.3 Å². The number of fused-ring (bicyclic) bond motifs is 1. The molecule has 0 unspecified atom stereocenters. The predicted octanol–water partition coefficient (Wildman–Crippen LogP) is 5.15. The number of nitro benzene ring substituents is 1. The molecule has 0 aliphatic heterocycles. The van der Waals surface area contributed by atoms with Gasteiger partial charge < -0.3 is 9.73 Å². The summed E-state index contributed by atoms with van der Waals surface area (Å²) < 4.78 is 5.61. The quantitative estimate of drug-likeness (QED) is 0.299. The lowest BCUT2D eigenvalue weighted by atomic mass is 10.1. The third-order valence-electron chi connectivity index (χ3n) is 5.10. The number of aromatic nitrogens is 3. The zero-order valence-electron chi connectivity index (χ0n) is 17.4. The Morgan fingerprint density at radius 1 is 0.970 bits per heavy atom. The Balaban J connectivity index is 1.37. The largest absolute Gasteiger partial charge is 0.451 e. The number of aryl methyl sites for hydroxylation is 1. The van der Waals surface area contributed by atoms with Gasteiger partial charge in [-0.05, 0) is 55.5 Å². The molecule has 9 nitrogen and oxygen atoms in total. The van der Waals surface area contributed by atoms with Crippen LogP contribution in [0.15, 0.2) is 83.3 Å². The van der Waals surface area contributed by atoms with Gasteiger partial charge in [0.15, 0.2) is 5.76 Å². The van der Waals surface area contributed by atoms with E-state index in [1.165, 1.54) is 18.2 Å². The van der Waals surface area contributed by atoms with E-state index in [2.05, 4.69) is 15.5 Å². The minimum atomic E-state index is -0.489. The molecule has 33 heavy (non-hydrogen) atoms. The van der Waals surface area contributed by atoms with Gasteiger partial charge in [0.1, 0.15) is 16.8 Å². The second kappa shape index (κ2) is 8.04. The van der Waals surface area contributed by atoms with Crippen LogP contribution < -0.4 is 5.32 Å². The number of furan rings is 1. The molecule has 1 amide bonds. The van der Waals surface area contributed by atoms with E-state index in [4.69, 9.17) is 4.42 Å². The van der Waals surface area contributed by atoms with Crippen molar-refractivity contribution in [2.75, 3.05) is 5.32 Å². The van der Waals surface area contributed by atoms with Crippen LogP contribution in [0.25, 0.3) is 28.0 Å². The van der Waals surface area contributed by atoms with E-state index in [0.29, 0.717) is 22.3 Å². The van der Waals surface area contributed by atoms with Gasteiger partial charge in [-0.25, -0.2) is 0 Å². The van der Waals surface area contributed by atoms with E-state index in [-0.39, 0.29) is 17.2 Å². The Hall–Kier alpha value is -4.79. The SMILES string of the molecule is Cc1ccc(-n2nc3ccc(NC(=O)c4ccc(-c5ccccc5[N+](=O)[O-])o4)cc3n2)cc1. The fourth-order valence-corrected chi connectivity index (χ4v) is 3.42. The van der Waals surface area contributed by atoms with Crippen LogP contribution in [0.1, 0.15) is 16.1 Å². The number of amides is 1. The lowest BCUT2D eigenvalue weighted by Gasteiger charge is -2.03. The Morgan fingerprint density at radius 2 is 1.73 bits per heavy atom. The summed E-state index contributed by atoms with van der Waals surface area (Å²) in [5.74, 6) is -0.208. The molecule has 5 rings (SSSR count). The van der Waals surface area contributed by atoms with Gasteiger partial charge in [-0.15, -0.1) is 10.2 Å². The molecule has 2 aromatic heterocycles. The van der Waals surface area contributed by atoms with E-state index >= 15 is 0 Å². The van der Waals surface area contributed by atoms with Crippen LogP contribution in [-0.2, 0) is 0 Å². The number of nitrogens with zero attached hydrogens (tertiary/aromatic N) is 4. The van der Waals surface area contributed by atoms with E-state index in [9.17, 15) is 14.9 Å². The molecule has 5 aromatic rings. The molecule has 3 aromatic carbocycles. The van der Waals surface area contributed by atoms with Crippen molar-refractivity contribution in [3.8, 4) is 17.0 Å². The van der Waals surface area contributed by atoms with Crippen molar-refractivity contribution in [2.24, 2.45) is 0 Å². The third-order valence-corrected chi connectivity index (χ3v) is 5.10. The number of carbonyl (C=O) groups is 1. The van der Waals surface area contributed by atoms with Gasteiger partial charge in [-0.3, -0.25) is 14.9 Å². The van der Waals surface area contributed by atoms with Crippen LogP contribution in [0, 0.1) is 17.0 Å². The van der Waals surface area contributed by atoms with Crippen LogP contribution in [-0.4, -0.2) is 25.8 Å². The van der Waals surface area contributed by atoms with Gasteiger partial charge in [-0.1, -0.05) is 29.8 Å². The first-order valence-corrected chi connectivity index (χ1v) is 10.1. The van der Waals surface area contributed by atoms with Crippen molar-refractivity contribution in [1.29, 1.82) is 0 Å². The Morgan fingerprint density at radius 3 is 2.52 bits per heavy atom. The summed E-state index contributed by atoms with van der Waals surface area (Å²) in [5, 5.41) is 23.0. The predicted molar refractivity (Wildman–Crippen MR) is 122 cm³/mol. The first-order chi connectivity index (χ1) is 16.0. The second-order valence-corrected chi connectivity index (χ2v) is 7.42. The van der Waals surface area contributed by atoms with Gasteiger partial charge in [0.25, 0.3) is 11.6 Å². The van der Waals surface area contributed by atoms with Gasteiger partial charge in [0.05, 0.1) is 16.2 Å². The molecular formula is C24H17N5O4. The number of rotatable bonds is 5. The Labute approximate surface area is 187 Å². The first kappa shape index (κ1) is 20.1. The molecule has 0 aliphatic rings. The molecule has 0 aliphatic carbocycles. The standard InChI is InChI=1S/C24H17N5O4/c1-15-6-9-17(10-7-15)28-26-19-11-8-16(14-20(19)27-28)25-24(30)23-13-12-22(33-23)18-4-2-3-5-21(18)29(31)32/h2-14H,1H3,(H,25,30). The molecule has 0 fully saturated rings. The van der Waals surface area contributed by atoms with Crippen molar-refractivity contribution >= 4 is 28.3 Å². The maximum Gasteiger partial charge on any atom is 0.291 e. The lowest BCUT2D eigenvalue weighted by molar-refractivity contribution is -0.384. The van der Waals surface area contributed by atoms with Crippen LogP contribution in [0.2, 0.25) is 0 Å². The van der Waals surface area contributed by atoms with Crippen LogP contribution in [0.3, 0.4) is 0 Å². The molecule has 0 bridgehead atoms. The molecule has 1 N–H and O–H groups in total. The van der Waals surface area contributed by atoms with E-state index < -0.39 is 10.8 Å². The van der Waals surface area contributed by atoms with Gasteiger partial charge in [-0.2, -0.15) is 4.80 Å². The van der Waals surface area contributed by atoms with Gasteiger partial charge in [0, 0.05) is 11.8 Å². The Kier molecular flexibility index (Phi) is 4.91. The molecule has 0 saturated carbocycles. The molecular weight excluding hydrogens is 422 g/mol. The molecule has 9 heteroatoms. The number of anilines is 1. The summed E-state index contributed by atoms with van der Waals surface area (Å²) in [7, 11) is 0. The summed E-state index contributed by atoms with van der Waals surface area (Å²) >= 11 is 0. The first-order valence-electron chi connectivity index (χ1n) is 10.1. The number of nitrogens with one attached hydrogen (secondary N) is 1. The summed E-state index contributed by atoms with van der Waals surface area (Å²) in [4.78, 5) is 25.0. The zero-order valence-corrected chi connectivity index (χ0v) is 17.4. The minimum Gasteiger partial charge on any atom is -0.451 e. The summed E-state index contributed by atoms with van der Waals surface area (Å²) in [6, 6.07) is 22.3. The normalized spacial score (nSPS) is 10.9. The van der Waals surface area contributed by atoms with E-state index in [1.54, 1.807) is 41.2 Å². The number of benzene rings is 3. The van der Waals surface area contributed by atoms with E-state index in [1.807, 2.05) is 31.2 Å². The number of hydrogen-bond acceptors (Lipinski definition) is 6. The molecule has 0 radical (unpaired) electrons. The van der Waals surface area contributed by atoms with Crippen LogP contribution in [0.4, 0.5) is 11.4 Å². The summed E-state index contributed by atoms with van der Waals surface area (Å²) in [6.07, 6.45) is 0. The second-order valence-electron chi connectivity index (χ2n) is 7.42. The van der Waals surface area contributed by atoms with Crippen LogP contribution in [0.5, 0.6) is 0 Å². The third kappa shape index (κ3) is 3.94. The van der Waals surface area contributed by atoms with Crippen molar-refractivity contribution < 1.29 is 14.1 Å². The highest BCUT2D eigenvalue weighted by molar-refractivity contribution is 6.03. The van der Waals surface area contributed by atoms with Crippen molar-refractivity contribution in [3.63, 3.8) is 0 Å². The lowest BCUT2D eigenvalue weighted by Crippen LogP contribution is -2.10. The molecule has 162 valence electrons. The maximum atomic E-state index is 12.7. The van der Waals surface area contributed by atoms with Gasteiger partial charge >= 0.3 is 0 Å². The summed E-state index contributed by atoms with van der Waals surface area (Å²) in [6.45, 7) is 2.01. The monoisotopic (exact) mass is 439 g/mol. The number of hydrogen-bond donors (Lipinski definition) is 1. The van der Waals surface area contributed by atoms with Crippen molar-refractivity contribution in [1.82, 2.24) is 15.0 Å². The average molecular weight is 439 g/mol. The van der Waals surface area contributed by atoms with Gasteiger partial charge in [0.2, 0.25) is 0 Å². The van der Waals surface area contributed by atoms with Crippen molar-refractivity contribution in [2.45, 2.75) is 6.92 Å². The fourth-order valence-electron chi connectivity index (χ4n) is 3.42. The molecule has 0 spiro atoms. The highest BCUT2D eigenvalue weighted by atomic mass is 16.6. The summed E-state index contributed by atoms with van der Waals surface area (Å²) in [5.41, 5.74) is 4.01. The molecule has 0 saturated heterocycles. The zero-order chi connectivity index (χ0) is 22.9. The Bertz CT molecular complexity index is 1500. The molecule has 2 heterocycles. The highest BCUT2D eigenvalue weighted by Gasteiger charge is 2.19. The highest BCUT2D eigenvalue weighted by Crippen LogP contribution is 2.31. The fraction of sp³-hybridized carbons (Fsp3) is 0.0417. The average Bonchev–Trinajstić information content (AvgIpc) is 3.47. The number of carbonyl (C=O) groups excluding carboxylic acids is 1. The number of para-hydroxylation sites is 1. The number of nitro groups is 1. The topological polar surface area (TPSA) is 116 Å². The molecule has 0 atom stereocenters. The van der Waals surface area contributed by atoms with Crippen LogP contribution >= 0.6 is 0 Å².